The van der Waals surface area contributed by atoms with Crippen LogP contribution in [0.15, 0.2) is 4.79 Å². The number of hydrogen-bond acceptors (Lipinski definition) is 8. The molecule has 0 spiro atoms. The SMILES string of the molecule is Nc1nc2c(npn2[C@@H]2O[C@H](CO)C(O)C2O)c(=O)[nH]1. The molecule has 10 nitrogen and oxygen atoms in total. The third-order valence-corrected chi connectivity index (χ3v) is 4.01. The number of rotatable bonds is 2. The number of aromatic amines is 1. The number of ether oxygens (including phenoxy) is 1. The second-order valence-corrected chi connectivity index (χ2v) is 5.20. The maximum absolute atomic E-state index is 11.7. The number of hydrogen-bond donors (Lipinski definition) is 5. The van der Waals surface area contributed by atoms with Gasteiger partial charge in [-0.05, 0) is 0 Å². The van der Waals surface area contributed by atoms with E-state index in [4.69, 9.17) is 15.6 Å². The molecule has 3 heterocycles. The predicted molar refractivity (Wildman–Crippen MR) is 68.1 cm³/mol. The van der Waals surface area contributed by atoms with Crippen molar-refractivity contribution in [3.63, 3.8) is 0 Å². The number of nitrogen functional groups attached to an aromatic ring is 1. The summed E-state index contributed by atoms with van der Waals surface area (Å²) in [6.45, 7) is -0.436. The van der Waals surface area contributed by atoms with Gasteiger partial charge in [0.15, 0.2) is 17.4 Å². The normalized spacial score (nSPS) is 30.6. The summed E-state index contributed by atoms with van der Waals surface area (Å²) in [4.78, 5) is 17.9. The minimum atomic E-state index is -1.26. The molecule has 1 aliphatic heterocycles. The second kappa shape index (κ2) is 4.76. The van der Waals surface area contributed by atoms with Gasteiger partial charge in [0.1, 0.15) is 26.8 Å². The number of aliphatic hydroxyl groups is 3. The maximum atomic E-state index is 11.7. The summed E-state index contributed by atoms with van der Waals surface area (Å²) in [5, 5.41) is 28.8. The van der Waals surface area contributed by atoms with Crippen molar-refractivity contribution in [1.29, 1.82) is 0 Å². The van der Waals surface area contributed by atoms with Gasteiger partial charge >= 0.3 is 0 Å². The predicted octanol–water partition coefficient (Wildman–Crippen LogP) is -2.11. The van der Waals surface area contributed by atoms with Gasteiger partial charge in [0.25, 0.3) is 5.56 Å². The number of nitrogens with two attached hydrogens (primary N) is 1. The molecule has 0 bridgehead atoms. The van der Waals surface area contributed by atoms with Gasteiger partial charge in [-0.3, -0.25) is 14.1 Å². The Hall–Kier alpha value is -1.58. The molecule has 3 rings (SSSR count). The summed E-state index contributed by atoms with van der Waals surface area (Å²) in [5.74, 6) is -0.0854. The summed E-state index contributed by atoms with van der Waals surface area (Å²) in [6.07, 6.45) is -4.37. The number of nitrogens with one attached hydrogen (secondary N) is 1. The molecule has 1 aliphatic rings. The standard InChI is InChI=1S/C9H12N5O5P/c10-9-11-6-3(7(18)12-9)13-20-14(6)8-5(17)4(16)2(1-15)19-8/h2,4-5,8,15-17H,1H2,(H3,10,11,12,18)/t2-,4?,5?,8-/m1/s1. The van der Waals surface area contributed by atoms with Gasteiger partial charge in [0.05, 0.1) is 6.61 Å². The van der Waals surface area contributed by atoms with Crippen LogP contribution in [0.25, 0.3) is 11.2 Å². The Labute approximate surface area is 113 Å². The Morgan fingerprint density at radius 2 is 2.20 bits per heavy atom. The lowest BCUT2D eigenvalue weighted by atomic mass is 10.1. The van der Waals surface area contributed by atoms with E-state index in [1.807, 2.05) is 0 Å². The van der Waals surface area contributed by atoms with E-state index in [1.165, 1.54) is 4.33 Å². The molecule has 2 aromatic rings. The Morgan fingerprint density at radius 1 is 1.45 bits per heavy atom. The molecule has 2 unspecified atom stereocenters. The number of aliphatic hydroxyl groups excluding tert-OH is 3. The highest BCUT2D eigenvalue weighted by Crippen LogP contribution is 2.33. The van der Waals surface area contributed by atoms with Crippen LogP contribution < -0.4 is 11.3 Å². The number of H-pyrrole nitrogens is 1. The number of aromatic nitrogens is 4. The highest BCUT2D eigenvalue weighted by atomic mass is 31.1. The molecular weight excluding hydrogens is 289 g/mol. The van der Waals surface area contributed by atoms with Crippen molar-refractivity contribution < 1.29 is 20.1 Å². The molecule has 6 N–H and O–H groups in total. The summed E-state index contributed by atoms with van der Waals surface area (Å²) in [6, 6.07) is 0. The van der Waals surface area contributed by atoms with Crippen LogP contribution in [-0.2, 0) is 4.74 Å². The number of fused-ring (bicyclic) bond motifs is 1. The second-order valence-electron chi connectivity index (χ2n) is 4.39. The quantitative estimate of drug-likeness (QED) is 0.421. The Bertz CT molecular complexity index is 702. The van der Waals surface area contributed by atoms with Crippen LogP contribution in [0.5, 0.6) is 0 Å². The van der Waals surface area contributed by atoms with E-state index in [0.29, 0.717) is 8.51 Å². The van der Waals surface area contributed by atoms with Gasteiger partial charge in [-0.15, -0.1) is 0 Å². The minimum absolute atomic E-state index is 0.0820. The van der Waals surface area contributed by atoms with Crippen LogP contribution in [0.2, 0.25) is 0 Å². The Kier molecular flexibility index (Phi) is 3.19. The van der Waals surface area contributed by atoms with E-state index in [-0.39, 0.29) is 17.1 Å². The minimum Gasteiger partial charge on any atom is -0.394 e. The molecular formula is C9H12N5O5P. The number of anilines is 1. The highest BCUT2D eigenvalue weighted by Gasteiger charge is 2.44. The van der Waals surface area contributed by atoms with E-state index >= 15 is 0 Å². The van der Waals surface area contributed by atoms with E-state index in [2.05, 4.69) is 14.7 Å². The first kappa shape index (κ1) is 13.4. The van der Waals surface area contributed by atoms with Gasteiger partial charge in [-0.25, -0.2) is 4.75 Å². The molecule has 1 fully saturated rings. The van der Waals surface area contributed by atoms with E-state index in [0.717, 1.165) is 0 Å². The molecule has 1 saturated heterocycles. The molecule has 4 atom stereocenters. The van der Waals surface area contributed by atoms with Gasteiger partial charge < -0.3 is 25.8 Å². The van der Waals surface area contributed by atoms with Gasteiger partial charge in [-0.1, -0.05) is 0 Å². The van der Waals surface area contributed by atoms with Crippen molar-refractivity contribution in [2.75, 3.05) is 12.3 Å². The maximum Gasteiger partial charge on any atom is 0.280 e. The first-order chi connectivity index (χ1) is 9.52. The van der Waals surface area contributed by atoms with Crippen LogP contribution in [-0.4, -0.2) is 59.3 Å². The van der Waals surface area contributed by atoms with Crippen molar-refractivity contribution in [2.24, 2.45) is 0 Å². The third kappa shape index (κ3) is 1.89. The Balaban J connectivity index is 2.09. The van der Waals surface area contributed by atoms with Crippen LogP contribution in [0, 0.1) is 0 Å². The van der Waals surface area contributed by atoms with Crippen molar-refractivity contribution in [2.45, 2.75) is 24.5 Å². The molecule has 20 heavy (non-hydrogen) atoms. The smallest absolute Gasteiger partial charge is 0.280 e. The molecule has 0 radical (unpaired) electrons. The summed E-state index contributed by atoms with van der Waals surface area (Å²) >= 11 is 0. The van der Waals surface area contributed by atoms with E-state index in [1.54, 1.807) is 0 Å². The first-order valence-corrected chi connectivity index (χ1v) is 6.56. The van der Waals surface area contributed by atoms with Crippen LogP contribution in [0.4, 0.5) is 5.95 Å². The zero-order chi connectivity index (χ0) is 14.4. The van der Waals surface area contributed by atoms with Gasteiger partial charge in [0, 0.05) is 0 Å². The fourth-order valence-corrected chi connectivity index (χ4v) is 2.99. The van der Waals surface area contributed by atoms with Gasteiger partial charge in [0.2, 0.25) is 5.95 Å². The molecule has 0 saturated carbocycles. The fourth-order valence-electron chi connectivity index (χ4n) is 2.11. The fraction of sp³-hybridized carbons (Fsp3) is 0.556. The average Bonchev–Trinajstić information content (AvgIpc) is 2.93. The number of nitrogens with zero attached hydrogens (tertiary/aromatic N) is 3. The van der Waals surface area contributed by atoms with Crippen LogP contribution in [0.1, 0.15) is 6.23 Å². The van der Waals surface area contributed by atoms with Gasteiger partial charge in [-0.2, -0.15) is 4.98 Å². The van der Waals surface area contributed by atoms with E-state index in [9.17, 15) is 15.0 Å². The first-order valence-electron chi connectivity index (χ1n) is 5.76. The average molecular weight is 301 g/mol. The zero-order valence-corrected chi connectivity index (χ0v) is 10.9. The molecule has 0 aromatic carbocycles. The lowest BCUT2D eigenvalue weighted by Gasteiger charge is -2.15. The monoisotopic (exact) mass is 301 g/mol. The largest absolute Gasteiger partial charge is 0.394 e. The summed E-state index contributed by atoms with van der Waals surface area (Å²) < 4.78 is 10.7. The van der Waals surface area contributed by atoms with Crippen LogP contribution in [0.3, 0.4) is 0 Å². The lowest BCUT2D eigenvalue weighted by molar-refractivity contribution is -0.0462. The molecule has 11 heteroatoms. The molecule has 2 aromatic heterocycles. The molecule has 0 amide bonds. The third-order valence-electron chi connectivity index (χ3n) is 3.11. The summed E-state index contributed by atoms with van der Waals surface area (Å²) in [7, 11) is 0.313. The molecule has 0 aliphatic carbocycles. The molecule has 108 valence electrons. The van der Waals surface area contributed by atoms with Crippen LogP contribution >= 0.6 is 8.51 Å². The van der Waals surface area contributed by atoms with E-state index < -0.39 is 36.7 Å². The Morgan fingerprint density at radius 3 is 2.85 bits per heavy atom. The highest BCUT2D eigenvalue weighted by molar-refractivity contribution is 7.21. The zero-order valence-electron chi connectivity index (χ0n) is 10.0. The lowest BCUT2D eigenvalue weighted by Crippen LogP contribution is -2.33. The topological polar surface area (TPSA) is 160 Å². The summed E-state index contributed by atoms with van der Waals surface area (Å²) in [5.41, 5.74) is 5.24. The van der Waals surface area contributed by atoms with Crippen molar-refractivity contribution in [3.05, 3.63) is 10.4 Å². The van der Waals surface area contributed by atoms with Crippen molar-refractivity contribution >= 4 is 25.6 Å². The van der Waals surface area contributed by atoms with Crippen molar-refractivity contribution in [1.82, 2.24) is 19.0 Å². The van der Waals surface area contributed by atoms with Crippen molar-refractivity contribution in [3.8, 4) is 0 Å².